The summed E-state index contributed by atoms with van der Waals surface area (Å²) in [6, 6.07) is 1.78. The van der Waals surface area contributed by atoms with Crippen molar-refractivity contribution in [3.63, 3.8) is 0 Å². The third-order valence-electron chi connectivity index (χ3n) is 4.65. The first-order valence-electron chi connectivity index (χ1n) is 8.33. The lowest BCUT2D eigenvalue weighted by Gasteiger charge is -2.28. The summed E-state index contributed by atoms with van der Waals surface area (Å²) in [5.74, 6) is -0.119. The highest BCUT2D eigenvalue weighted by Gasteiger charge is 2.24. The van der Waals surface area contributed by atoms with Gasteiger partial charge in [0.05, 0.1) is 17.1 Å². The van der Waals surface area contributed by atoms with Gasteiger partial charge in [0, 0.05) is 36.6 Å². The van der Waals surface area contributed by atoms with Crippen molar-refractivity contribution in [3.8, 4) is 0 Å². The lowest BCUT2D eigenvalue weighted by molar-refractivity contribution is 0.0667. The molecule has 0 bridgehead atoms. The van der Waals surface area contributed by atoms with Crippen molar-refractivity contribution in [2.75, 3.05) is 19.6 Å². The van der Waals surface area contributed by atoms with E-state index in [4.69, 9.17) is 11.6 Å². The smallest absolute Gasteiger partial charge is 0.255 e. The molecule has 0 radical (unpaired) electrons. The van der Waals surface area contributed by atoms with Gasteiger partial charge in [-0.1, -0.05) is 11.6 Å². The number of hydrogen-bond acceptors (Lipinski definition) is 3. The van der Waals surface area contributed by atoms with Crippen molar-refractivity contribution in [1.82, 2.24) is 19.8 Å². The standard InChI is InChI=1S/C18H18ClFN4O/c19-16-11-24(14-2-1-5-21-10-14)17-15(16)8-12(9-22-17)18(25)23-6-3-13(20)4-7-23/h1-2,5,8-9,11,13,21H,3-4,6-7,10H2. The van der Waals surface area contributed by atoms with Gasteiger partial charge in [-0.2, -0.15) is 0 Å². The summed E-state index contributed by atoms with van der Waals surface area (Å²) in [6.07, 6.45) is 9.17. The molecule has 0 unspecified atom stereocenters. The first-order chi connectivity index (χ1) is 12.1. The van der Waals surface area contributed by atoms with E-state index in [1.165, 1.54) is 0 Å². The van der Waals surface area contributed by atoms with E-state index in [-0.39, 0.29) is 5.91 Å². The molecule has 130 valence electrons. The maximum absolute atomic E-state index is 13.3. The van der Waals surface area contributed by atoms with Crippen LogP contribution in [-0.2, 0) is 0 Å². The third-order valence-corrected chi connectivity index (χ3v) is 4.95. The molecule has 1 saturated heterocycles. The van der Waals surface area contributed by atoms with Gasteiger partial charge in [0.15, 0.2) is 0 Å². The number of amides is 1. The number of allylic oxidation sites excluding steroid dienone is 2. The Hall–Kier alpha value is -2.34. The molecule has 1 fully saturated rings. The zero-order valence-corrected chi connectivity index (χ0v) is 14.3. The van der Waals surface area contributed by atoms with E-state index < -0.39 is 6.17 Å². The quantitative estimate of drug-likeness (QED) is 0.894. The number of alkyl halides is 1. The first-order valence-corrected chi connectivity index (χ1v) is 8.70. The van der Waals surface area contributed by atoms with Gasteiger partial charge in [0.2, 0.25) is 0 Å². The summed E-state index contributed by atoms with van der Waals surface area (Å²) in [6.45, 7) is 1.56. The SMILES string of the molecule is O=C(c1cnc2c(c1)c(Cl)cn2C1=CC=CNC1)N1CCC(F)CC1. The Morgan fingerprint density at radius 2 is 2.16 bits per heavy atom. The number of piperidine rings is 1. The summed E-state index contributed by atoms with van der Waals surface area (Å²) in [5.41, 5.74) is 2.23. The van der Waals surface area contributed by atoms with Crippen LogP contribution >= 0.6 is 11.6 Å². The topological polar surface area (TPSA) is 50.2 Å². The molecule has 0 aromatic carbocycles. The Labute approximate surface area is 149 Å². The molecule has 5 nitrogen and oxygen atoms in total. The van der Waals surface area contributed by atoms with Crippen molar-refractivity contribution >= 4 is 34.2 Å². The van der Waals surface area contributed by atoms with Crippen LogP contribution < -0.4 is 5.32 Å². The number of pyridine rings is 1. The number of carbonyl (C=O) groups is 1. The highest BCUT2D eigenvalue weighted by Crippen LogP contribution is 2.28. The second-order valence-electron chi connectivity index (χ2n) is 6.31. The highest BCUT2D eigenvalue weighted by atomic mass is 35.5. The summed E-state index contributed by atoms with van der Waals surface area (Å²) in [7, 11) is 0. The number of nitrogens with zero attached hydrogens (tertiary/aromatic N) is 3. The van der Waals surface area contributed by atoms with Gasteiger partial charge in [-0.3, -0.25) is 4.79 Å². The van der Waals surface area contributed by atoms with Crippen LogP contribution in [0, 0.1) is 0 Å². The van der Waals surface area contributed by atoms with Crippen LogP contribution in [0.15, 0.2) is 36.8 Å². The van der Waals surface area contributed by atoms with E-state index in [0.29, 0.717) is 48.7 Å². The Morgan fingerprint density at radius 3 is 2.88 bits per heavy atom. The Balaban J connectivity index is 1.67. The van der Waals surface area contributed by atoms with Gasteiger partial charge in [-0.25, -0.2) is 9.37 Å². The number of rotatable bonds is 2. The van der Waals surface area contributed by atoms with E-state index in [9.17, 15) is 9.18 Å². The van der Waals surface area contributed by atoms with Gasteiger partial charge >= 0.3 is 0 Å². The molecule has 0 saturated carbocycles. The zero-order valence-electron chi connectivity index (χ0n) is 13.6. The number of halogens is 2. The van der Waals surface area contributed by atoms with E-state index >= 15 is 0 Å². The number of aromatic nitrogens is 2. The number of nitrogens with one attached hydrogen (secondary N) is 1. The normalized spacial score (nSPS) is 18.3. The van der Waals surface area contributed by atoms with Crippen LogP contribution in [0.3, 0.4) is 0 Å². The molecule has 0 aliphatic carbocycles. The summed E-state index contributed by atoms with van der Waals surface area (Å²) < 4.78 is 15.2. The predicted octanol–water partition coefficient (Wildman–Crippen LogP) is 3.22. The molecule has 2 aliphatic rings. The molecule has 2 aromatic heterocycles. The number of dihydropyridines is 1. The molecule has 1 amide bonds. The van der Waals surface area contributed by atoms with E-state index in [1.54, 1.807) is 17.2 Å². The van der Waals surface area contributed by atoms with E-state index in [0.717, 1.165) is 11.1 Å². The molecule has 25 heavy (non-hydrogen) atoms. The second-order valence-corrected chi connectivity index (χ2v) is 6.71. The highest BCUT2D eigenvalue weighted by molar-refractivity contribution is 6.35. The lowest BCUT2D eigenvalue weighted by Crippen LogP contribution is -2.39. The van der Waals surface area contributed by atoms with Crippen LogP contribution in [0.25, 0.3) is 16.7 Å². The molecule has 4 rings (SSSR count). The minimum Gasteiger partial charge on any atom is -0.385 e. The van der Waals surface area contributed by atoms with E-state index in [1.807, 2.05) is 29.1 Å². The zero-order chi connectivity index (χ0) is 17.4. The Morgan fingerprint density at radius 1 is 1.36 bits per heavy atom. The van der Waals surface area contributed by atoms with Crippen LogP contribution in [0.1, 0.15) is 23.2 Å². The summed E-state index contributed by atoms with van der Waals surface area (Å²) >= 11 is 6.38. The fraction of sp³-hybridized carbons (Fsp3) is 0.333. The molecular weight excluding hydrogens is 343 g/mol. The number of likely N-dealkylation sites (tertiary alicyclic amines) is 1. The van der Waals surface area contributed by atoms with Crippen LogP contribution in [0.4, 0.5) is 4.39 Å². The number of carbonyl (C=O) groups excluding carboxylic acids is 1. The molecular formula is C18H18ClFN4O. The van der Waals surface area contributed by atoms with Crippen molar-refractivity contribution < 1.29 is 9.18 Å². The van der Waals surface area contributed by atoms with Crippen molar-refractivity contribution in [1.29, 1.82) is 0 Å². The fourth-order valence-corrected chi connectivity index (χ4v) is 3.49. The van der Waals surface area contributed by atoms with Crippen molar-refractivity contribution in [2.24, 2.45) is 0 Å². The molecule has 2 aliphatic heterocycles. The van der Waals surface area contributed by atoms with E-state index in [2.05, 4.69) is 10.3 Å². The van der Waals surface area contributed by atoms with Gasteiger partial charge in [-0.15, -0.1) is 0 Å². The van der Waals surface area contributed by atoms with Gasteiger partial charge < -0.3 is 14.8 Å². The average Bonchev–Trinajstić information content (AvgIpc) is 2.99. The van der Waals surface area contributed by atoms with Crippen molar-refractivity contribution in [2.45, 2.75) is 19.0 Å². The molecule has 1 N–H and O–H groups in total. The molecule has 4 heterocycles. The Kier molecular flexibility index (Phi) is 4.21. The molecule has 2 aromatic rings. The maximum Gasteiger partial charge on any atom is 0.255 e. The van der Waals surface area contributed by atoms with Crippen LogP contribution in [-0.4, -0.2) is 46.2 Å². The van der Waals surface area contributed by atoms with Crippen molar-refractivity contribution in [3.05, 3.63) is 47.4 Å². The lowest BCUT2D eigenvalue weighted by atomic mass is 10.1. The predicted molar refractivity (Wildman–Crippen MR) is 96.2 cm³/mol. The minimum atomic E-state index is -0.806. The Bertz CT molecular complexity index is 881. The van der Waals surface area contributed by atoms with Gasteiger partial charge in [0.25, 0.3) is 5.91 Å². The maximum atomic E-state index is 13.3. The monoisotopic (exact) mass is 360 g/mol. The summed E-state index contributed by atoms with van der Waals surface area (Å²) in [5, 5.41) is 4.44. The number of fused-ring (bicyclic) bond motifs is 1. The molecule has 0 atom stereocenters. The second kappa shape index (κ2) is 6.52. The number of hydrogen-bond donors (Lipinski definition) is 1. The fourth-order valence-electron chi connectivity index (χ4n) is 3.25. The van der Waals surface area contributed by atoms with Gasteiger partial charge in [-0.05, 0) is 37.3 Å². The minimum absolute atomic E-state index is 0.119. The van der Waals surface area contributed by atoms with Gasteiger partial charge in [0.1, 0.15) is 11.8 Å². The molecule has 0 spiro atoms. The summed E-state index contributed by atoms with van der Waals surface area (Å²) in [4.78, 5) is 18.8. The first kappa shape index (κ1) is 16.1. The molecule has 7 heteroatoms. The van der Waals surface area contributed by atoms with Crippen LogP contribution in [0.5, 0.6) is 0 Å². The van der Waals surface area contributed by atoms with Crippen LogP contribution in [0.2, 0.25) is 5.02 Å². The third kappa shape index (κ3) is 3.02. The average molecular weight is 361 g/mol. The largest absolute Gasteiger partial charge is 0.385 e.